The lowest BCUT2D eigenvalue weighted by molar-refractivity contribution is 0.461. The smallest absolute Gasteiger partial charge is 0.192 e. The van der Waals surface area contributed by atoms with Crippen molar-refractivity contribution in [2.24, 2.45) is 0 Å². The maximum atomic E-state index is 11.7. The van der Waals surface area contributed by atoms with E-state index in [1.54, 1.807) is 42.6 Å². The molecule has 0 amide bonds. The molecule has 0 spiro atoms. The molecule has 0 saturated carbocycles. The van der Waals surface area contributed by atoms with Crippen LogP contribution in [0.25, 0.3) is 22.6 Å². The van der Waals surface area contributed by atoms with Crippen LogP contribution in [0.1, 0.15) is 5.56 Å². The number of ether oxygens (including phenoxy) is 2. The predicted octanol–water partition coefficient (Wildman–Crippen LogP) is 4.88. The van der Waals surface area contributed by atoms with E-state index in [2.05, 4.69) is 26.0 Å². The molecule has 0 radical (unpaired) electrons. The average molecular weight is 484 g/mol. The molecule has 10 heteroatoms. The minimum absolute atomic E-state index is 0.0500. The van der Waals surface area contributed by atoms with Gasteiger partial charge in [-0.25, -0.2) is 18.4 Å². The van der Waals surface area contributed by atoms with Gasteiger partial charge < -0.3 is 14.5 Å². The van der Waals surface area contributed by atoms with Crippen LogP contribution in [0.2, 0.25) is 0 Å². The van der Waals surface area contributed by atoms with Gasteiger partial charge >= 0.3 is 0 Å². The van der Waals surface area contributed by atoms with E-state index in [0.717, 1.165) is 6.26 Å². The molecule has 0 fully saturated rings. The first kappa shape index (κ1) is 22.1. The van der Waals surface area contributed by atoms with Gasteiger partial charge in [0.15, 0.2) is 26.4 Å². The predicted molar refractivity (Wildman–Crippen MR) is 128 cm³/mol. The fourth-order valence-electron chi connectivity index (χ4n) is 3.37. The summed E-state index contributed by atoms with van der Waals surface area (Å²) in [6, 6.07) is 20.8. The highest BCUT2D eigenvalue weighted by Gasteiger charge is 2.16. The van der Waals surface area contributed by atoms with Crippen molar-refractivity contribution < 1.29 is 17.9 Å². The summed E-state index contributed by atoms with van der Waals surface area (Å²) in [5.74, 6) is 2.00. The highest BCUT2D eigenvalue weighted by atomic mass is 32.2. The van der Waals surface area contributed by atoms with Crippen LogP contribution in [-0.4, -0.2) is 34.6 Å². The Balaban J connectivity index is 1.58. The zero-order valence-electron chi connectivity index (χ0n) is 18.3. The number of aromatic nitrogens is 4. The summed E-state index contributed by atoms with van der Waals surface area (Å²) in [4.78, 5) is 16.2. The zero-order chi connectivity index (χ0) is 24.4. The molecule has 0 atom stereocenters. The largest absolute Gasteiger partial charge is 0.456 e. The summed E-state index contributed by atoms with van der Waals surface area (Å²) in [5, 5.41) is 9.41. The van der Waals surface area contributed by atoms with E-state index in [1.807, 2.05) is 18.2 Å². The molecule has 0 aliphatic heterocycles. The molecular weight excluding hydrogens is 466 g/mol. The molecule has 5 aromatic rings. The van der Waals surface area contributed by atoms with Gasteiger partial charge in [0.25, 0.3) is 0 Å². The summed E-state index contributed by atoms with van der Waals surface area (Å²) >= 11 is 0. The van der Waals surface area contributed by atoms with Crippen LogP contribution in [0.4, 0.5) is 0 Å². The second kappa shape index (κ2) is 8.89. The molecule has 172 valence electrons. The summed E-state index contributed by atoms with van der Waals surface area (Å²) in [5.41, 5.74) is 2.16. The number of benzene rings is 2. The van der Waals surface area contributed by atoms with Crippen molar-refractivity contribution in [1.29, 1.82) is 5.26 Å². The minimum atomic E-state index is -3.43. The number of para-hydroxylation sites is 1. The molecular formula is C25H17N5O4S. The molecule has 0 aliphatic rings. The van der Waals surface area contributed by atoms with Crippen LogP contribution >= 0.6 is 0 Å². The standard InChI is InChI=1S/C25H17N5O4S/c1-35(31,32)23-10-9-17(15-28-23)33-18-12-20-24(30-25(29-20)19-7-4-5-11-27-19)22(13-18)34-21-8-3-2-6-16(21)14-26/h2-13,15H,1H3,(H,29,30). The molecule has 3 aromatic heterocycles. The van der Waals surface area contributed by atoms with Gasteiger partial charge in [0.2, 0.25) is 0 Å². The zero-order valence-corrected chi connectivity index (χ0v) is 19.2. The number of hydrogen-bond acceptors (Lipinski definition) is 8. The van der Waals surface area contributed by atoms with Gasteiger partial charge in [-0.05, 0) is 36.4 Å². The Morgan fingerprint density at radius 3 is 2.46 bits per heavy atom. The molecule has 0 aliphatic carbocycles. The molecule has 5 rings (SSSR count). The van der Waals surface area contributed by atoms with Crippen molar-refractivity contribution >= 4 is 20.9 Å². The maximum absolute atomic E-state index is 11.7. The first-order chi connectivity index (χ1) is 16.9. The maximum Gasteiger partial charge on any atom is 0.192 e. The van der Waals surface area contributed by atoms with Crippen molar-refractivity contribution in [2.75, 3.05) is 6.26 Å². The fraction of sp³-hybridized carbons (Fsp3) is 0.0400. The van der Waals surface area contributed by atoms with Gasteiger partial charge in [-0.3, -0.25) is 4.98 Å². The van der Waals surface area contributed by atoms with Gasteiger partial charge in [-0.1, -0.05) is 18.2 Å². The normalized spacial score (nSPS) is 11.2. The number of H-pyrrole nitrogens is 1. The third kappa shape index (κ3) is 4.66. The van der Waals surface area contributed by atoms with Crippen molar-refractivity contribution in [3.8, 4) is 40.6 Å². The Labute approximate surface area is 200 Å². The number of hydrogen-bond donors (Lipinski definition) is 1. The van der Waals surface area contributed by atoms with E-state index < -0.39 is 9.84 Å². The van der Waals surface area contributed by atoms with Crippen LogP contribution in [0.15, 0.2) is 84.1 Å². The number of imidazole rings is 1. The molecule has 0 saturated heterocycles. The summed E-state index contributed by atoms with van der Waals surface area (Å²) in [6.45, 7) is 0. The molecule has 2 aromatic carbocycles. The van der Waals surface area contributed by atoms with Gasteiger partial charge in [-0.15, -0.1) is 0 Å². The number of nitrogens with zero attached hydrogens (tertiary/aromatic N) is 4. The van der Waals surface area contributed by atoms with Crippen molar-refractivity contribution in [3.05, 3.63) is 84.7 Å². The van der Waals surface area contributed by atoms with Crippen molar-refractivity contribution in [3.63, 3.8) is 0 Å². The monoisotopic (exact) mass is 483 g/mol. The minimum Gasteiger partial charge on any atom is -0.456 e. The van der Waals surface area contributed by atoms with Crippen LogP contribution < -0.4 is 9.47 Å². The summed E-state index contributed by atoms with van der Waals surface area (Å²) in [6.07, 6.45) is 4.09. The van der Waals surface area contributed by atoms with E-state index in [1.165, 1.54) is 18.3 Å². The van der Waals surface area contributed by atoms with E-state index in [9.17, 15) is 13.7 Å². The number of rotatable bonds is 6. The van der Waals surface area contributed by atoms with Gasteiger partial charge in [-0.2, -0.15) is 5.26 Å². The quantitative estimate of drug-likeness (QED) is 0.362. The Bertz CT molecular complexity index is 1680. The van der Waals surface area contributed by atoms with Crippen LogP contribution in [-0.2, 0) is 9.84 Å². The number of aromatic amines is 1. The summed E-state index contributed by atoms with van der Waals surface area (Å²) in [7, 11) is -3.43. The topological polar surface area (TPSA) is 131 Å². The number of nitrogens with one attached hydrogen (secondary N) is 1. The van der Waals surface area contributed by atoms with Crippen LogP contribution in [0.3, 0.4) is 0 Å². The number of nitriles is 1. The molecule has 35 heavy (non-hydrogen) atoms. The third-order valence-electron chi connectivity index (χ3n) is 4.98. The highest BCUT2D eigenvalue weighted by molar-refractivity contribution is 7.90. The fourth-order valence-corrected chi connectivity index (χ4v) is 3.93. The van der Waals surface area contributed by atoms with Crippen LogP contribution in [0, 0.1) is 11.3 Å². The molecule has 1 N–H and O–H groups in total. The van der Waals surface area contributed by atoms with Gasteiger partial charge in [0, 0.05) is 24.6 Å². The Morgan fingerprint density at radius 1 is 0.914 bits per heavy atom. The summed E-state index contributed by atoms with van der Waals surface area (Å²) < 4.78 is 35.4. The average Bonchev–Trinajstić information content (AvgIpc) is 3.29. The highest BCUT2D eigenvalue weighted by Crippen LogP contribution is 2.37. The van der Waals surface area contributed by atoms with E-state index >= 15 is 0 Å². The number of pyridine rings is 2. The Morgan fingerprint density at radius 2 is 1.74 bits per heavy atom. The third-order valence-corrected chi connectivity index (χ3v) is 5.99. The lowest BCUT2D eigenvalue weighted by Gasteiger charge is -2.11. The van der Waals surface area contributed by atoms with Gasteiger partial charge in [0.05, 0.1) is 17.3 Å². The molecule has 0 bridgehead atoms. The first-order valence-electron chi connectivity index (χ1n) is 10.4. The van der Waals surface area contributed by atoms with Crippen molar-refractivity contribution in [2.45, 2.75) is 5.03 Å². The molecule has 9 nitrogen and oxygen atoms in total. The van der Waals surface area contributed by atoms with Crippen molar-refractivity contribution in [1.82, 2.24) is 19.9 Å². The van der Waals surface area contributed by atoms with E-state index in [0.29, 0.717) is 51.1 Å². The first-order valence-corrected chi connectivity index (χ1v) is 12.3. The second-order valence-corrected chi connectivity index (χ2v) is 9.50. The Kier molecular flexibility index (Phi) is 5.60. The van der Waals surface area contributed by atoms with E-state index in [4.69, 9.17) is 9.47 Å². The molecule has 0 unspecified atom stereocenters. The van der Waals surface area contributed by atoms with Gasteiger partial charge in [0.1, 0.15) is 34.5 Å². The lowest BCUT2D eigenvalue weighted by atomic mass is 10.2. The SMILES string of the molecule is CS(=O)(=O)c1ccc(Oc2cc(Oc3ccccc3C#N)c3nc(-c4ccccn4)[nH]c3c2)cn1. The van der Waals surface area contributed by atoms with E-state index in [-0.39, 0.29) is 5.03 Å². The van der Waals surface area contributed by atoms with Crippen LogP contribution in [0.5, 0.6) is 23.0 Å². The number of fused-ring (bicyclic) bond motifs is 1. The Hall–Kier alpha value is -4.75. The second-order valence-electron chi connectivity index (χ2n) is 7.53. The molecule has 3 heterocycles. The number of sulfone groups is 1. The lowest BCUT2D eigenvalue weighted by Crippen LogP contribution is -1.99.